The van der Waals surface area contributed by atoms with Crippen molar-refractivity contribution in [1.29, 1.82) is 0 Å². The molecule has 3 rings (SSSR count). The fourth-order valence-electron chi connectivity index (χ4n) is 3.20. The average Bonchev–Trinajstić information content (AvgIpc) is 2.93. The van der Waals surface area contributed by atoms with Gasteiger partial charge < -0.3 is 15.0 Å². The van der Waals surface area contributed by atoms with Gasteiger partial charge in [-0.2, -0.15) is 0 Å². The molecule has 0 aliphatic carbocycles. The summed E-state index contributed by atoms with van der Waals surface area (Å²) >= 11 is 0. The lowest BCUT2D eigenvalue weighted by atomic mass is 10.1. The standard InChI is InChI=1S/C22H29N3O/c1-16-6-8-19(9-7-16)26-13-5-4-12-25-21-15-18(3)17(2)14-20(21)24-22(25)10-11-23/h6-9,14-15H,4-5,10-13,23H2,1-3H3. The number of nitrogens with two attached hydrogens (primary N) is 1. The summed E-state index contributed by atoms with van der Waals surface area (Å²) in [6.45, 7) is 8.69. The van der Waals surface area contributed by atoms with Crippen LogP contribution >= 0.6 is 0 Å². The van der Waals surface area contributed by atoms with Crippen molar-refractivity contribution < 1.29 is 4.74 Å². The Kier molecular flexibility index (Phi) is 5.94. The van der Waals surface area contributed by atoms with Crippen LogP contribution < -0.4 is 10.5 Å². The quantitative estimate of drug-likeness (QED) is 0.615. The van der Waals surface area contributed by atoms with E-state index in [1.165, 1.54) is 22.2 Å². The van der Waals surface area contributed by atoms with Gasteiger partial charge in [0.25, 0.3) is 0 Å². The monoisotopic (exact) mass is 351 g/mol. The van der Waals surface area contributed by atoms with Gasteiger partial charge in [0, 0.05) is 13.0 Å². The predicted octanol–water partition coefficient (Wildman–Crippen LogP) is 4.32. The van der Waals surface area contributed by atoms with Crippen molar-refractivity contribution in [2.75, 3.05) is 13.2 Å². The SMILES string of the molecule is Cc1ccc(OCCCCn2c(CCN)nc3cc(C)c(C)cc32)cc1. The molecule has 0 amide bonds. The molecule has 0 spiro atoms. The molecule has 3 aromatic rings. The molecule has 4 heteroatoms. The highest BCUT2D eigenvalue weighted by atomic mass is 16.5. The van der Waals surface area contributed by atoms with Crippen LogP contribution in [0.15, 0.2) is 36.4 Å². The third-order valence-electron chi connectivity index (χ3n) is 4.88. The third kappa shape index (κ3) is 4.25. The van der Waals surface area contributed by atoms with Crippen molar-refractivity contribution in [3.8, 4) is 5.75 Å². The number of hydrogen-bond donors (Lipinski definition) is 1. The Labute approximate surface area is 156 Å². The number of imidazole rings is 1. The number of aryl methyl sites for hydroxylation is 4. The van der Waals surface area contributed by atoms with E-state index in [2.05, 4.69) is 49.6 Å². The summed E-state index contributed by atoms with van der Waals surface area (Å²) in [6, 6.07) is 12.7. The maximum atomic E-state index is 5.84. The zero-order valence-corrected chi connectivity index (χ0v) is 16.1. The Hall–Kier alpha value is -2.33. The molecule has 0 atom stereocenters. The van der Waals surface area contributed by atoms with Crippen LogP contribution in [0.2, 0.25) is 0 Å². The van der Waals surface area contributed by atoms with Crippen LogP contribution in [0.1, 0.15) is 35.4 Å². The van der Waals surface area contributed by atoms with E-state index < -0.39 is 0 Å². The molecule has 0 aliphatic heterocycles. The lowest BCUT2D eigenvalue weighted by Crippen LogP contribution is -2.11. The Morgan fingerprint density at radius 1 is 1.00 bits per heavy atom. The summed E-state index contributed by atoms with van der Waals surface area (Å²) in [5.41, 5.74) is 11.9. The van der Waals surface area contributed by atoms with E-state index in [4.69, 9.17) is 15.5 Å². The van der Waals surface area contributed by atoms with E-state index in [9.17, 15) is 0 Å². The smallest absolute Gasteiger partial charge is 0.119 e. The van der Waals surface area contributed by atoms with Crippen LogP contribution in [0.5, 0.6) is 5.75 Å². The number of benzene rings is 2. The molecule has 138 valence electrons. The fraction of sp³-hybridized carbons (Fsp3) is 0.409. The Bertz CT molecular complexity index is 865. The molecule has 2 N–H and O–H groups in total. The van der Waals surface area contributed by atoms with E-state index in [1.54, 1.807) is 0 Å². The molecule has 0 radical (unpaired) electrons. The minimum Gasteiger partial charge on any atom is -0.494 e. The molecular weight excluding hydrogens is 322 g/mol. The van der Waals surface area contributed by atoms with Crippen molar-refractivity contribution in [1.82, 2.24) is 9.55 Å². The Balaban J connectivity index is 1.63. The molecule has 0 unspecified atom stereocenters. The van der Waals surface area contributed by atoms with Crippen molar-refractivity contribution in [2.24, 2.45) is 5.73 Å². The molecule has 26 heavy (non-hydrogen) atoms. The maximum Gasteiger partial charge on any atom is 0.119 e. The zero-order valence-electron chi connectivity index (χ0n) is 16.1. The highest BCUT2D eigenvalue weighted by Gasteiger charge is 2.11. The minimum absolute atomic E-state index is 0.623. The molecule has 4 nitrogen and oxygen atoms in total. The molecule has 0 saturated heterocycles. The number of aromatic nitrogens is 2. The first-order chi connectivity index (χ1) is 12.6. The topological polar surface area (TPSA) is 53.1 Å². The first-order valence-electron chi connectivity index (χ1n) is 9.44. The van der Waals surface area contributed by atoms with Crippen molar-refractivity contribution in [2.45, 2.75) is 46.6 Å². The number of rotatable bonds is 8. The first-order valence-corrected chi connectivity index (χ1v) is 9.44. The minimum atomic E-state index is 0.623. The second-order valence-corrected chi connectivity index (χ2v) is 7.01. The molecule has 0 saturated carbocycles. The average molecular weight is 351 g/mol. The highest BCUT2D eigenvalue weighted by Crippen LogP contribution is 2.22. The van der Waals surface area contributed by atoms with Crippen molar-refractivity contribution in [3.05, 3.63) is 58.9 Å². The molecule has 2 aromatic carbocycles. The second kappa shape index (κ2) is 8.37. The summed E-state index contributed by atoms with van der Waals surface area (Å²) in [6.07, 6.45) is 2.88. The van der Waals surface area contributed by atoms with E-state index in [-0.39, 0.29) is 0 Å². The van der Waals surface area contributed by atoms with Crippen molar-refractivity contribution >= 4 is 11.0 Å². The Morgan fingerprint density at radius 2 is 1.73 bits per heavy atom. The van der Waals surface area contributed by atoms with E-state index in [0.29, 0.717) is 6.54 Å². The fourth-order valence-corrected chi connectivity index (χ4v) is 3.20. The molecule has 0 aliphatic rings. The maximum absolute atomic E-state index is 5.84. The van der Waals surface area contributed by atoms with Gasteiger partial charge in [-0.25, -0.2) is 4.98 Å². The lowest BCUT2D eigenvalue weighted by Gasteiger charge is -2.10. The summed E-state index contributed by atoms with van der Waals surface area (Å²) in [5, 5.41) is 0. The van der Waals surface area contributed by atoms with Crippen LogP contribution in [-0.2, 0) is 13.0 Å². The number of nitrogens with zero attached hydrogens (tertiary/aromatic N) is 2. The molecule has 0 fully saturated rings. The van der Waals surface area contributed by atoms with E-state index >= 15 is 0 Å². The van der Waals surface area contributed by atoms with Crippen molar-refractivity contribution in [3.63, 3.8) is 0 Å². The summed E-state index contributed by atoms with van der Waals surface area (Å²) in [5.74, 6) is 2.03. The van der Waals surface area contributed by atoms with Gasteiger partial charge in [0.1, 0.15) is 11.6 Å². The normalized spacial score (nSPS) is 11.2. The van der Waals surface area contributed by atoms with Gasteiger partial charge in [-0.3, -0.25) is 0 Å². The zero-order chi connectivity index (χ0) is 18.5. The van der Waals surface area contributed by atoms with E-state index in [0.717, 1.165) is 49.5 Å². The highest BCUT2D eigenvalue weighted by molar-refractivity contribution is 5.78. The second-order valence-electron chi connectivity index (χ2n) is 7.01. The lowest BCUT2D eigenvalue weighted by molar-refractivity contribution is 0.303. The largest absolute Gasteiger partial charge is 0.494 e. The van der Waals surface area contributed by atoms with E-state index in [1.807, 2.05) is 12.1 Å². The van der Waals surface area contributed by atoms with Crippen LogP contribution in [0.4, 0.5) is 0 Å². The molecule has 1 aromatic heterocycles. The number of fused-ring (bicyclic) bond motifs is 1. The summed E-state index contributed by atoms with van der Waals surface area (Å²) in [4.78, 5) is 4.81. The number of unbranched alkanes of at least 4 members (excludes halogenated alkanes) is 1. The first kappa shape index (κ1) is 18.5. The van der Waals surface area contributed by atoms with Gasteiger partial charge in [-0.15, -0.1) is 0 Å². The van der Waals surface area contributed by atoms with Gasteiger partial charge in [-0.1, -0.05) is 17.7 Å². The van der Waals surface area contributed by atoms with Gasteiger partial charge >= 0.3 is 0 Å². The predicted molar refractivity (Wildman–Crippen MR) is 108 cm³/mol. The summed E-state index contributed by atoms with van der Waals surface area (Å²) < 4.78 is 8.17. The van der Waals surface area contributed by atoms with Gasteiger partial charge in [0.2, 0.25) is 0 Å². The van der Waals surface area contributed by atoms with Gasteiger partial charge in [0.15, 0.2) is 0 Å². The van der Waals surface area contributed by atoms with Gasteiger partial charge in [0.05, 0.1) is 17.6 Å². The number of hydrogen-bond acceptors (Lipinski definition) is 3. The van der Waals surface area contributed by atoms with Crippen LogP contribution in [0.3, 0.4) is 0 Å². The third-order valence-corrected chi connectivity index (χ3v) is 4.88. The molecular formula is C22H29N3O. The summed E-state index contributed by atoms with van der Waals surface area (Å²) in [7, 11) is 0. The van der Waals surface area contributed by atoms with Crippen LogP contribution in [0, 0.1) is 20.8 Å². The van der Waals surface area contributed by atoms with Gasteiger partial charge in [-0.05, 0) is 75.5 Å². The Morgan fingerprint density at radius 3 is 2.46 bits per heavy atom. The van der Waals surface area contributed by atoms with Crippen LogP contribution in [0.25, 0.3) is 11.0 Å². The van der Waals surface area contributed by atoms with Crippen LogP contribution in [-0.4, -0.2) is 22.7 Å². The molecule has 1 heterocycles. The molecule has 0 bridgehead atoms. The number of ether oxygens (including phenoxy) is 1.